The Morgan fingerprint density at radius 2 is 1.13 bits per heavy atom. The molecule has 0 aliphatic heterocycles. The molecule has 0 heterocycles. The molecule has 0 bridgehead atoms. The number of rotatable bonds is 8. The van der Waals surface area contributed by atoms with Crippen molar-refractivity contribution in [1.29, 1.82) is 0 Å². The summed E-state index contributed by atoms with van der Waals surface area (Å²) in [5.74, 6) is 10.8. The first-order chi connectivity index (χ1) is 25.9. The summed E-state index contributed by atoms with van der Waals surface area (Å²) < 4.78 is 0. The van der Waals surface area contributed by atoms with Crippen molar-refractivity contribution in [3.63, 3.8) is 0 Å². The predicted molar refractivity (Wildman–Crippen MR) is 217 cm³/mol. The molecule has 0 spiro atoms. The lowest BCUT2D eigenvalue weighted by Crippen LogP contribution is -2.61. The Bertz CT molecular complexity index is 1190. The molecule has 9 fully saturated rings. The van der Waals surface area contributed by atoms with Crippen molar-refractivity contribution < 1.29 is 9.90 Å². The van der Waals surface area contributed by atoms with Crippen LogP contribution < -0.4 is 5.32 Å². The summed E-state index contributed by atoms with van der Waals surface area (Å²) in [5, 5.41) is 14.6. The zero-order valence-electron chi connectivity index (χ0n) is 34.5. The normalized spacial score (nSPS) is 50.1. The summed E-state index contributed by atoms with van der Waals surface area (Å²) in [6.45, 7) is 4.74. The van der Waals surface area contributed by atoms with E-state index in [9.17, 15) is 9.90 Å². The molecule has 2 N–H and O–H groups in total. The third-order valence-corrected chi connectivity index (χ3v) is 19.5. The fraction of sp³-hybridized carbons (Fsp3) is 0.980. The molecule has 12 atom stereocenters. The number of hydrogen-bond acceptors (Lipinski definition) is 3. The monoisotopic (exact) mass is 731 g/mol. The van der Waals surface area contributed by atoms with Gasteiger partial charge in [-0.2, -0.15) is 0 Å². The predicted octanol–water partition coefficient (Wildman–Crippen LogP) is 11.3. The zero-order valence-corrected chi connectivity index (χ0v) is 34.5. The minimum absolute atomic E-state index is 0.169. The van der Waals surface area contributed by atoms with Crippen LogP contribution in [0.15, 0.2) is 0 Å². The minimum Gasteiger partial charge on any atom is -0.392 e. The van der Waals surface area contributed by atoms with E-state index >= 15 is 0 Å². The summed E-state index contributed by atoms with van der Waals surface area (Å²) in [6, 6.07) is 2.98. The Kier molecular flexibility index (Phi) is 12.0. The standard InChI is InChI=1S/C49H82N2O2/c1-31-10-24-40(25-11-31)51(45-29-21-37-19-18-35-7-5-8-36-20-28-43(45)47(37)46(35)36)41-26-16-34(17-27-41)13-12-33-14-22-39(23-15-33)50-49(53)44-30-38-6-3-4-9-42(38)32(2)48(44)52/h31-48,52H,3-30H2,1-2H3,(H,50,53). The van der Waals surface area contributed by atoms with Gasteiger partial charge in [-0.3, -0.25) is 9.69 Å². The maximum atomic E-state index is 13.5. The molecular formula is C49H82N2O2. The molecule has 0 radical (unpaired) electrons. The molecule has 9 aliphatic rings. The van der Waals surface area contributed by atoms with E-state index < -0.39 is 6.10 Å². The van der Waals surface area contributed by atoms with Crippen LogP contribution in [0.1, 0.15) is 194 Å². The highest BCUT2D eigenvalue weighted by atomic mass is 16.3. The number of aliphatic hydroxyl groups is 1. The molecule has 9 rings (SSSR count). The summed E-state index contributed by atoms with van der Waals surface area (Å²) >= 11 is 0. The molecule has 0 aromatic carbocycles. The van der Waals surface area contributed by atoms with Gasteiger partial charge >= 0.3 is 0 Å². The molecular weight excluding hydrogens is 649 g/mol. The van der Waals surface area contributed by atoms with Crippen molar-refractivity contribution >= 4 is 5.91 Å². The highest BCUT2D eigenvalue weighted by Crippen LogP contribution is 2.61. The lowest BCUT2D eigenvalue weighted by atomic mass is 9.47. The molecule has 4 heteroatoms. The van der Waals surface area contributed by atoms with Crippen LogP contribution in [0.25, 0.3) is 0 Å². The van der Waals surface area contributed by atoms with Crippen LogP contribution in [-0.2, 0) is 4.79 Å². The third kappa shape index (κ3) is 7.85. The van der Waals surface area contributed by atoms with Crippen molar-refractivity contribution in [3.05, 3.63) is 0 Å². The molecule has 4 nitrogen and oxygen atoms in total. The average molecular weight is 731 g/mol. The molecule has 0 aromatic heterocycles. The highest BCUT2D eigenvalue weighted by Gasteiger charge is 2.55. The highest BCUT2D eigenvalue weighted by molar-refractivity contribution is 5.79. The number of amides is 1. The molecule has 300 valence electrons. The molecule has 53 heavy (non-hydrogen) atoms. The second-order valence-corrected chi connectivity index (χ2v) is 22.1. The molecule has 9 aliphatic carbocycles. The molecule has 1 amide bonds. The summed E-state index contributed by atoms with van der Waals surface area (Å²) in [7, 11) is 0. The SMILES string of the molecule is CC1CCC(N(C2CCC(CCC3CCC(NC(=O)C4CC5CCCCC5C(C)C4O)CC3)CC2)C2CCC3CCC4CCCC5CCC2C3C45)CC1. The van der Waals surface area contributed by atoms with Crippen molar-refractivity contribution in [2.45, 2.75) is 224 Å². The maximum absolute atomic E-state index is 13.5. The fourth-order valence-corrected chi connectivity index (χ4v) is 16.7. The van der Waals surface area contributed by atoms with Crippen molar-refractivity contribution in [2.24, 2.45) is 76.9 Å². The van der Waals surface area contributed by atoms with Gasteiger partial charge in [0, 0.05) is 24.2 Å². The third-order valence-electron chi connectivity index (χ3n) is 19.5. The van der Waals surface area contributed by atoms with Gasteiger partial charge in [0.1, 0.15) is 0 Å². The Labute approximate surface area is 325 Å². The quantitative estimate of drug-likeness (QED) is 0.261. The van der Waals surface area contributed by atoms with Gasteiger partial charge in [0.15, 0.2) is 0 Å². The van der Waals surface area contributed by atoms with E-state index in [4.69, 9.17) is 0 Å². The first kappa shape index (κ1) is 37.9. The Hall–Kier alpha value is -0.610. The van der Waals surface area contributed by atoms with E-state index in [0.717, 1.165) is 90.6 Å². The number of carbonyl (C=O) groups excluding carboxylic acids is 1. The number of nitrogens with zero attached hydrogens (tertiary/aromatic N) is 1. The first-order valence-electron chi connectivity index (χ1n) is 24.7. The number of hydrogen-bond donors (Lipinski definition) is 2. The zero-order chi connectivity index (χ0) is 36.1. The maximum Gasteiger partial charge on any atom is 0.225 e. The van der Waals surface area contributed by atoms with E-state index in [1.807, 2.05) is 0 Å². The van der Waals surface area contributed by atoms with Crippen LogP contribution in [0.2, 0.25) is 0 Å². The Balaban J connectivity index is 0.762. The lowest BCUT2D eigenvalue weighted by Gasteiger charge is -2.62. The largest absolute Gasteiger partial charge is 0.392 e. The van der Waals surface area contributed by atoms with Gasteiger partial charge in [0.05, 0.1) is 12.0 Å². The second-order valence-electron chi connectivity index (χ2n) is 22.1. The topological polar surface area (TPSA) is 52.6 Å². The van der Waals surface area contributed by atoms with E-state index in [1.54, 1.807) is 51.4 Å². The van der Waals surface area contributed by atoms with Gasteiger partial charge in [-0.15, -0.1) is 0 Å². The summed E-state index contributed by atoms with van der Waals surface area (Å²) in [4.78, 5) is 16.8. The minimum atomic E-state index is -0.453. The van der Waals surface area contributed by atoms with E-state index in [1.165, 1.54) is 109 Å². The number of fused-ring (bicyclic) bond motifs is 1. The molecule has 0 saturated heterocycles. The van der Waals surface area contributed by atoms with Gasteiger partial charge in [0.2, 0.25) is 5.91 Å². The van der Waals surface area contributed by atoms with E-state index in [-0.39, 0.29) is 17.7 Å². The van der Waals surface area contributed by atoms with Crippen molar-refractivity contribution in [1.82, 2.24) is 10.2 Å². The van der Waals surface area contributed by atoms with Crippen LogP contribution in [-0.4, -0.2) is 46.2 Å². The summed E-state index contributed by atoms with van der Waals surface area (Å²) in [6.07, 6.45) is 39.3. The van der Waals surface area contributed by atoms with Gasteiger partial charge in [-0.25, -0.2) is 0 Å². The van der Waals surface area contributed by atoms with Crippen molar-refractivity contribution in [3.8, 4) is 0 Å². The van der Waals surface area contributed by atoms with E-state index in [2.05, 4.69) is 24.1 Å². The molecule has 9 saturated carbocycles. The summed E-state index contributed by atoms with van der Waals surface area (Å²) in [5.41, 5.74) is 0. The fourth-order valence-electron chi connectivity index (χ4n) is 16.7. The lowest BCUT2D eigenvalue weighted by molar-refractivity contribution is -0.138. The van der Waals surface area contributed by atoms with Gasteiger partial charge in [-0.05, 0) is 199 Å². The second kappa shape index (κ2) is 16.7. The average Bonchev–Trinajstić information content (AvgIpc) is 3.19. The van der Waals surface area contributed by atoms with E-state index in [0.29, 0.717) is 17.9 Å². The van der Waals surface area contributed by atoms with Crippen molar-refractivity contribution in [2.75, 3.05) is 0 Å². The van der Waals surface area contributed by atoms with Crippen LogP contribution in [0, 0.1) is 76.9 Å². The Morgan fingerprint density at radius 3 is 1.83 bits per heavy atom. The number of nitrogens with one attached hydrogen (secondary N) is 1. The van der Waals surface area contributed by atoms with Gasteiger partial charge in [0.25, 0.3) is 0 Å². The molecule has 12 unspecified atom stereocenters. The first-order valence-corrected chi connectivity index (χ1v) is 24.7. The molecule has 0 aromatic rings. The van der Waals surface area contributed by atoms with Gasteiger partial charge < -0.3 is 10.4 Å². The van der Waals surface area contributed by atoms with Crippen LogP contribution in [0.5, 0.6) is 0 Å². The number of carbonyl (C=O) groups is 1. The Morgan fingerprint density at radius 1 is 0.566 bits per heavy atom. The van der Waals surface area contributed by atoms with Crippen LogP contribution >= 0.6 is 0 Å². The van der Waals surface area contributed by atoms with Gasteiger partial charge in [-0.1, -0.05) is 65.2 Å². The van der Waals surface area contributed by atoms with Crippen LogP contribution in [0.4, 0.5) is 0 Å². The smallest absolute Gasteiger partial charge is 0.225 e. The van der Waals surface area contributed by atoms with Crippen LogP contribution in [0.3, 0.4) is 0 Å². The number of aliphatic hydroxyl groups excluding tert-OH is 1.